The number of aromatic nitrogens is 1. The smallest absolute Gasteiger partial charge is 0.258 e. The lowest BCUT2D eigenvalue weighted by Gasteiger charge is -2.11. The van der Waals surface area contributed by atoms with Crippen molar-refractivity contribution in [3.8, 4) is 11.1 Å². The van der Waals surface area contributed by atoms with Crippen LogP contribution in [0.4, 0.5) is 10.2 Å². The van der Waals surface area contributed by atoms with Gasteiger partial charge in [-0.1, -0.05) is 41.9 Å². The van der Waals surface area contributed by atoms with E-state index in [9.17, 15) is 14.0 Å². The van der Waals surface area contributed by atoms with E-state index in [2.05, 4.69) is 20.9 Å². The number of pyridine rings is 1. The second kappa shape index (κ2) is 10.7. The summed E-state index contributed by atoms with van der Waals surface area (Å²) in [5.41, 5.74) is 2.60. The minimum atomic E-state index is -0.386. The number of hydrogen-bond donors (Lipinski definition) is 3. The predicted molar refractivity (Wildman–Crippen MR) is 119 cm³/mol. The Bertz CT molecular complexity index is 1060. The highest BCUT2D eigenvalue weighted by Gasteiger charge is 2.15. The Morgan fingerprint density at radius 1 is 1.03 bits per heavy atom. The van der Waals surface area contributed by atoms with E-state index in [1.807, 2.05) is 6.07 Å². The van der Waals surface area contributed by atoms with Gasteiger partial charge in [-0.05, 0) is 35.4 Å². The zero-order chi connectivity index (χ0) is 22.2. The van der Waals surface area contributed by atoms with Gasteiger partial charge in [-0.15, -0.1) is 0 Å². The van der Waals surface area contributed by atoms with Gasteiger partial charge in [0, 0.05) is 38.3 Å². The molecule has 1 heterocycles. The number of halogens is 2. The molecule has 0 unspecified atom stereocenters. The number of carbonyl (C=O) groups is 2. The van der Waals surface area contributed by atoms with Crippen molar-refractivity contribution in [3.05, 3.63) is 82.8 Å². The molecule has 3 rings (SSSR count). The Kier molecular flexibility index (Phi) is 7.70. The monoisotopic (exact) mass is 440 g/mol. The van der Waals surface area contributed by atoms with Gasteiger partial charge < -0.3 is 16.0 Å². The van der Waals surface area contributed by atoms with Crippen LogP contribution in [0, 0.1) is 5.82 Å². The summed E-state index contributed by atoms with van der Waals surface area (Å²) in [6.07, 6.45) is 1.66. The van der Waals surface area contributed by atoms with Crippen LogP contribution in [0.15, 0.2) is 60.8 Å². The highest BCUT2D eigenvalue weighted by molar-refractivity contribution is 6.37. The Labute approximate surface area is 184 Å². The number of amides is 2. The highest BCUT2D eigenvalue weighted by Crippen LogP contribution is 2.31. The van der Waals surface area contributed by atoms with Gasteiger partial charge in [0.2, 0.25) is 5.91 Å². The summed E-state index contributed by atoms with van der Waals surface area (Å²) in [5, 5.41) is 8.92. The average molecular weight is 441 g/mol. The lowest BCUT2D eigenvalue weighted by molar-refractivity contribution is -0.118. The van der Waals surface area contributed by atoms with Crippen molar-refractivity contribution >= 4 is 29.2 Å². The molecule has 0 aliphatic heterocycles. The van der Waals surface area contributed by atoms with Gasteiger partial charge >= 0.3 is 0 Å². The van der Waals surface area contributed by atoms with Crippen LogP contribution in [-0.2, 0) is 11.3 Å². The summed E-state index contributed by atoms with van der Waals surface area (Å²) < 4.78 is 13.2. The molecule has 3 N–H and O–H groups in total. The zero-order valence-electron chi connectivity index (χ0n) is 16.9. The Hall–Kier alpha value is -3.29. The third-order valence-electron chi connectivity index (χ3n) is 4.47. The molecule has 0 spiro atoms. The van der Waals surface area contributed by atoms with Crippen LogP contribution in [-0.4, -0.2) is 29.9 Å². The molecular formula is C23H22ClFN4O2. The van der Waals surface area contributed by atoms with Crippen LogP contribution in [0.2, 0.25) is 5.02 Å². The summed E-state index contributed by atoms with van der Waals surface area (Å²) in [4.78, 5) is 27.8. The number of nitrogens with one attached hydrogen (secondary N) is 3. The molecule has 0 fully saturated rings. The summed E-state index contributed by atoms with van der Waals surface area (Å²) in [6, 6.07) is 14.6. The lowest BCUT2D eigenvalue weighted by Crippen LogP contribution is -2.29. The largest absolute Gasteiger partial charge is 0.355 e. The maximum absolute atomic E-state index is 13.2. The van der Waals surface area contributed by atoms with Crippen molar-refractivity contribution in [2.45, 2.75) is 13.5 Å². The first-order valence-corrected chi connectivity index (χ1v) is 10.1. The molecule has 6 nitrogen and oxygen atoms in total. The topological polar surface area (TPSA) is 83.1 Å². The van der Waals surface area contributed by atoms with Crippen molar-refractivity contribution < 1.29 is 14.0 Å². The molecule has 2 amide bonds. The Balaban J connectivity index is 1.62. The Morgan fingerprint density at radius 2 is 1.81 bits per heavy atom. The second-order valence-corrected chi connectivity index (χ2v) is 7.22. The zero-order valence-corrected chi connectivity index (χ0v) is 17.7. The molecule has 1 aromatic heterocycles. The first-order chi connectivity index (χ1) is 14.9. The number of carbonyl (C=O) groups excluding carboxylic acids is 2. The van der Waals surface area contributed by atoms with Crippen LogP contribution in [0.3, 0.4) is 0 Å². The molecule has 3 aromatic rings. The third-order valence-corrected chi connectivity index (χ3v) is 4.88. The van der Waals surface area contributed by atoms with Gasteiger partial charge in [-0.2, -0.15) is 0 Å². The SMILES string of the molecule is CC(=O)NCCNCc1ccc(NC(=O)c2cccc(-c3ccc(F)cc3)c2Cl)nc1. The molecule has 0 atom stereocenters. The molecular weight excluding hydrogens is 419 g/mol. The average Bonchev–Trinajstić information content (AvgIpc) is 2.75. The number of anilines is 1. The van der Waals surface area contributed by atoms with E-state index >= 15 is 0 Å². The van der Waals surface area contributed by atoms with Gasteiger partial charge in [0.05, 0.1) is 10.6 Å². The molecule has 0 bridgehead atoms. The van der Waals surface area contributed by atoms with Crippen molar-refractivity contribution in [2.24, 2.45) is 0 Å². The van der Waals surface area contributed by atoms with Crippen LogP contribution < -0.4 is 16.0 Å². The summed E-state index contributed by atoms with van der Waals surface area (Å²) in [7, 11) is 0. The normalized spacial score (nSPS) is 10.5. The fourth-order valence-electron chi connectivity index (χ4n) is 2.91. The molecule has 0 aliphatic carbocycles. The molecule has 31 heavy (non-hydrogen) atoms. The standard InChI is InChI=1S/C23H22ClFN4O2/c1-15(30)27-12-11-26-13-16-5-10-21(28-14-16)29-23(31)20-4-2-3-19(22(20)24)17-6-8-18(25)9-7-17/h2-10,14,26H,11-13H2,1H3,(H,27,30)(H,28,29,31). The predicted octanol–water partition coefficient (Wildman–Crippen LogP) is 4.02. The molecule has 0 aliphatic rings. The highest BCUT2D eigenvalue weighted by atomic mass is 35.5. The van der Waals surface area contributed by atoms with Crippen molar-refractivity contribution in [3.63, 3.8) is 0 Å². The maximum Gasteiger partial charge on any atom is 0.258 e. The molecule has 0 saturated carbocycles. The Morgan fingerprint density at radius 3 is 2.48 bits per heavy atom. The van der Waals surface area contributed by atoms with E-state index in [0.717, 1.165) is 11.1 Å². The maximum atomic E-state index is 13.2. The number of nitrogens with zero attached hydrogens (tertiary/aromatic N) is 1. The van der Waals surface area contributed by atoms with Crippen LogP contribution in [0.25, 0.3) is 11.1 Å². The van der Waals surface area contributed by atoms with Crippen LogP contribution in [0.1, 0.15) is 22.8 Å². The van der Waals surface area contributed by atoms with E-state index in [0.29, 0.717) is 36.6 Å². The van der Waals surface area contributed by atoms with E-state index in [-0.39, 0.29) is 22.7 Å². The third kappa shape index (κ3) is 6.34. The number of benzene rings is 2. The van der Waals surface area contributed by atoms with E-state index < -0.39 is 0 Å². The minimum absolute atomic E-state index is 0.0631. The summed E-state index contributed by atoms with van der Waals surface area (Å²) in [5.74, 6) is -0.393. The molecule has 0 radical (unpaired) electrons. The van der Waals surface area contributed by atoms with E-state index in [4.69, 9.17) is 11.6 Å². The van der Waals surface area contributed by atoms with Crippen molar-refractivity contribution in [2.75, 3.05) is 18.4 Å². The molecule has 8 heteroatoms. The van der Waals surface area contributed by atoms with Crippen LogP contribution >= 0.6 is 11.6 Å². The molecule has 0 saturated heterocycles. The quantitative estimate of drug-likeness (QED) is 0.462. The first-order valence-electron chi connectivity index (χ1n) is 9.70. The molecule has 2 aromatic carbocycles. The van der Waals surface area contributed by atoms with Crippen molar-refractivity contribution in [1.29, 1.82) is 0 Å². The fourth-order valence-corrected chi connectivity index (χ4v) is 3.23. The van der Waals surface area contributed by atoms with Gasteiger partial charge in [-0.25, -0.2) is 9.37 Å². The van der Waals surface area contributed by atoms with E-state index in [1.165, 1.54) is 19.1 Å². The van der Waals surface area contributed by atoms with Gasteiger partial charge in [-0.3, -0.25) is 9.59 Å². The fraction of sp³-hybridized carbons (Fsp3) is 0.174. The van der Waals surface area contributed by atoms with Crippen LogP contribution in [0.5, 0.6) is 0 Å². The van der Waals surface area contributed by atoms with Gasteiger partial charge in [0.25, 0.3) is 5.91 Å². The lowest BCUT2D eigenvalue weighted by atomic mass is 10.0. The van der Waals surface area contributed by atoms with Crippen molar-refractivity contribution in [1.82, 2.24) is 15.6 Å². The second-order valence-electron chi connectivity index (χ2n) is 6.84. The minimum Gasteiger partial charge on any atom is -0.355 e. The first kappa shape index (κ1) is 22.4. The molecule has 160 valence electrons. The van der Waals surface area contributed by atoms with Gasteiger partial charge in [0.1, 0.15) is 11.6 Å². The summed E-state index contributed by atoms with van der Waals surface area (Å²) in [6.45, 7) is 3.26. The number of rotatable bonds is 8. The van der Waals surface area contributed by atoms with Gasteiger partial charge in [0.15, 0.2) is 0 Å². The van der Waals surface area contributed by atoms with E-state index in [1.54, 1.807) is 42.6 Å². The number of hydrogen-bond acceptors (Lipinski definition) is 4. The summed E-state index contributed by atoms with van der Waals surface area (Å²) >= 11 is 6.46.